The maximum atomic E-state index is 11.4. The molecule has 0 bridgehead atoms. The summed E-state index contributed by atoms with van der Waals surface area (Å²) in [7, 11) is 0. The lowest BCUT2D eigenvalue weighted by Crippen LogP contribution is -2.32. The van der Waals surface area contributed by atoms with Gasteiger partial charge in [0.05, 0.1) is 16.9 Å². The van der Waals surface area contributed by atoms with E-state index in [2.05, 4.69) is 23.5 Å². The van der Waals surface area contributed by atoms with Crippen LogP contribution in [0.4, 0.5) is 0 Å². The summed E-state index contributed by atoms with van der Waals surface area (Å²) in [6, 6.07) is 6.07. The van der Waals surface area contributed by atoms with Crippen LogP contribution >= 0.6 is 0 Å². The second kappa shape index (κ2) is 4.16. The number of hydrogen-bond acceptors (Lipinski definition) is 3. The number of fused-ring (bicyclic) bond motifs is 1. The van der Waals surface area contributed by atoms with Crippen molar-refractivity contribution in [2.24, 2.45) is 11.0 Å². The monoisotopic (exact) mass is 268 g/mol. The van der Waals surface area contributed by atoms with Gasteiger partial charge in [-0.1, -0.05) is 13.0 Å². The van der Waals surface area contributed by atoms with Crippen molar-refractivity contribution in [3.05, 3.63) is 35.7 Å². The minimum atomic E-state index is -0.00861. The maximum absolute atomic E-state index is 11.4. The first-order valence-electron chi connectivity index (χ1n) is 7.08. The van der Waals surface area contributed by atoms with Crippen LogP contribution in [0.2, 0.25) is 0 Å². The highest BCUT2D eigenvalue weighted by molar-refractivity contribution is 6.11. The van der Waals surface area contributed by atoms with Crippen molar-refractivity contribution in [2.75, 3.05) is 0 Å². The van der Waals surface area contributed by atoms with Crippen LogP contribution in [0.3, 0.4) is 0 Å². The summed E-state index contributed by atoms with van der Waals surface area (Å²) in [6.45, 7) is 2.06. The highest BCUT2D eigenvalue weighted by Gasteiger charge is 2.34. The van der Waals surface area contributed by atoms with Crippen LogP contribution in [0.5, 0.6) is 0 Å². The Labute approximate surface area is 116 Å². The molecule has 5 heteroatoms. The molecule has 4 rings (SSSR count). The molecule has 1 atom stereocenters. The molecule has 102 valence electrons. The summed E-state index contributed by atoms with van der Waals surface area (Å²) < 4.78 is 1.93. The van der Waals surface area contributed by atoms with Gasteiger partial charge in [-0.2, -0.15) is 10.2 Å². The second-order valence-electron chi connectivity index (χ2n) is 5.70. The van der Waals surface area contributed by atoms with Gasteiger partial charge >= 0.3 is 0 Å². The van der Waals surface area contributed by atoms with Gasteiger partial charge < -0.3 is 0 Å². The summed E-state index contributed by atoms with van der Waals surface area (Å²) >= 11 is 0. The fraction of sp³-hybridized carbons (Fsp3) is 0.400. The van der Waals surface area contributed by atoms with E-state index in [9.17, 15) is 4.79 Å². The molecule has 2 aliphatic rings. The average molecular weight is 268 g/mol. The number of rotatable bonds is 2. The molecule has 20 heavy (non-hydrogen) atoms. The first kappa shape index (κ1) is 11.6. The van der Waals surface area contributed by atoms with Crippen molar-refractivity contribution in [3.63, 3.8) is 0 Å². The topological polar surface area (TPSA) is 58.8 Å². The Bertz CT molecular complexity index is 727. The number of pyridine rings is 1. The zero-order chi connectivity index (χ0) is 13.7. The van der Waals surface area contributed by atoms with Crippen LogP contribution < -0.4 is 5.43 Å². The van der Waals surface area contributed by atoms with Crippen molar-refractivity contribution in [2.45, 2.75) is 32.1 Å². The number of hydrogen-bond donors (Lipinski definition) is 1. The molecule has 0 spiro atoms. The largest absolute Gasteiger partial charge is 0.273 e. The van der Waals surface area contributed by atoms with Gasteiger partial charge in [0.1, 0.15) is 0 Å². The molecule has 1 unspecified atom stereocenters. The fourth-order valence-electron chi connectivity index (χ4n) is 2.88. The zero-order valence-corrected chi connectivity index (χ0v) is 11.3. The van der Waals surface area contributed by atoms with Gasteiger partial charge in [0.25, 0.3) is 0 Å². The molecule has 1 aliphatic heterocycles. The molecule has 0 aromatic carbocycles. The third-order valence-electron chi connectivity index (χ3n) is 4.05. The van der Waals surface area contributed by atoms with Gasteiger partial charge in [-0.25, -0.2) is 9.94 Å². The molecule has 0 radical (unpaired) electrons. The second-order valence-corrected chi connectivity index (χ2v) is 5.70. The first-order valence-corrected chi connectivity index (χ1v) is 7.08. The fourth-order valence-corrected chi connectivity index (χ4v) is 2.88. The molecule has 1 saturated carbocycles. The van der Waals surface area contributed by atoms with E-state index < -0.39 is 0 Å². The summed E-state index contributed by atoms with van der Waals surface area (Å²) in [5.74, 6) is 0.678. The molecule has 1 N–H and O–H groups in total. The summed E-state index contributed by atoms with van der Waals surface area (Å²) in [4.78, 5) is 11.4. The van der Waals surface area contributed by atoms with Crippen LogP contribution in [0.25, 0.3) is 5.52 Å². The molecule has 0 saturated heterocycles. The van der Waals surface area contributed by atoms with Crippen LogP contribution in [0.1, 0.15) is 43.4 Å². The van der Waals surface area contributed by atoms with Crippen molar-refractivity contribution in [3.8, 4) is 0 Å². The molecule has 5 nitrogen and oxygen atoms in total. The van der Waals surface area contributed by atoms with Crippen molar-refractivity contribution in [1.82, 2.24) is 15.0 Å². The Morgan fingerprint density at radius 2 is 2.20 bits per heavy atom. The van der Waals surface area contributed by atoms with E-state index in [1.807, 2.05) is 22.8 Å². The van der Waals surface area contributed by atoms with Crippen LogP contribution in [0.15, 0.2) is 29.5 Å². The maximum Gasteiger partial charge on any atom is 0.240 e. The lowest BCUT2D eigenvalue weighted by Gasteiger charge is -2.19. The molecule has 2 aromatic heterocycles. The van der Waals surface area contributed by atoms with Crippen molar-refractivity contribution < 1.29 is 4.79 Å². The van der Waals surface area contributed by atoms with Crippen molar-refractivity contribution >= 4 is 17.1 Å². The van der Waals surface area contributed by atoms with E-state index in [0.29, 0.717) is 12.3 Å². The van der Waals surface area contributed by atoms with E-state index in [-0.39, 0.29) is 11.8 Å². The highest BCUT2D eigenvalue weighted by atomic mass is 16.2. The van der Waals surface area contributed by atoms with E-state index >= 15 is 0 Å². The number of nitrogens with one attached hydrogen (secondary N) is 1. The van der Waals surface area contributed by atoms with Gasteiger partial charge in [-0.05, 0) is 25.0 Å². The van der Waals surface area contributed by atoms with E-state index in [1.165, 1.54) is 12.8 Å². The van der Waals surface area contributed by atoms with Gasteiger partial charge in [0, 0.05) is 30.0 Å². The molecule has 1 fully saturated rings. The minimum Gasteiger partial charge on any atom is -0.273 e. The lowest BCUT2D eigenvalue weighted by molar-refractivity contribution is -0.121. The minimum absolute atomic E-state index is 0.00861. The molecule has 1 aliphatic carbocycles. The predicted molar refractivity (Wildman–Crippen MR) is 75.6 cm³/mol. The lowest BCUT2D eigenvalue weighted by atomic mass is 9.92. The molecule has 1 amide bonds. The Morgan fingerprint density at radius 3 is 2.95 bits per heavy atom. The zero-order valence-electron chi connectivity index (χ0n) is 11.3. The van der Waals surface area contributed by atoms with Gasteiger partial charge in [-0.3, -0.25) is 4.79 Å². The summed E-state index contributed by atoms with van der Waals surface area (Å²) in [6.07, 6.45) is 4.86. The van der Waals surface area contributed by atoms with Crippen LogP contribution in [-0.2, 0) is 4.79 Å². The number of amides is 1. The molecular formula is C15H16N4O. The predicted octanol–water partition coefficient (Wildman–Crippen LogP) is 2.07. The summed E-state index contributed by atoms with van der Waals surface area (Å²) in [5.41, 5.74) is 6.92. The van der Waals surface area contributed by atoms with Gasteiger partial charge in [0.15, 0.2) is 0 Å². The number of hydrazone groups is 1. The Morgan fingerprint density at radius 1 is 1.35 bits per heavy atom. The number of aromatic nitrogens is 2. The number of carbonyl (C=O) groups excluding carboxylic acids is 1. The first-order chi connectivity index (χ1) is 9.74. The summed E-state index contributed by atoms with van der Waals surface area (Å²) in [5, 5.41) is 9.05. The van der Waals surface area contributed by atoms with Crippen LogP contribution in [0, 0.1) is 5.92 Å². The molecular weight excluding hydrogens is 252 g/mol. The van der Waals surface area contributed by atoms with E-state index in [1.54, 1.807) is 0 Å². The normalized spacial score (nSPS) is 22.8. The number of nitrogens with zero attached hydrogens (tertiary/aromatic N) is 3. The molecule has 2 aromatic rings. The standard InChI is InChI=1S/C15H16N4O/c1-9-8-12(20)16-17-14(9)13-11-4-2-3-7-19(11)18-15(13)10-5-6-10/h2-4,7,9-10H,5-6,8H2,1H3,(H,16,20). The van der Waals surface area contributed by atoms with Crippen LogP contribution in [-0.4, -0.2) is 21.2 Å². The Kier molecular flexibility index (Phi) is 2.42. The van der Waals surface area contributed by atoms with E-state index in [4.69, 9.17) is 5.10 Å². The third kappa shape index (κ3) is 1.73. The van der Waals surface area contributed by atoms with Gasteiger partial charge in [-0.15, -0.1) is 0 Å². The highest BCUT2D eigenvalue weighted by Crippen LogP contribution is 2.42. The molecule has 3 heterocycles. The SMILES string of the molecule is CC1CC(=O)NN=C1c1c(C2CC2)nn2ccccc12. The van der Waals surface area contributed by atoms with E-state index in [0.717, 1.165) is 22.5 Å². The smallest absolute Gasteiger partial charge is 0.240 e. The van der Waals surface area contributed by atoms with Crippen molar-refractivity contribution in [1.29, 1.82) is 0 Å². The van der Waals surface area contributed by atoms with Gasteiger partial charge in [0.2, 0.25) is 5.91 Å². The third-order valence-corrected chi connectivity index (χ3v) is 4.05. The number of carbonyl (C=O) groups is 1. The quantitative estimate of drug-likeness (QED) is 0.906. The average Bonchev–Trinajstić information content (AvgIpc) is 3.21. The Balaban J connectivity index is 1.93. The Hall–Kier alpha value is -2.17.